The molecule has 0 unspecified atom stereocenters. The van der Waals surface area contributed by atoms with Crippen molar-refractivity contribution in [3.05, 3.63) is 59.3 Å². The van der Waals surface area contributed by atoms with Crippen LogP contribution < -0.4 is 16.4 Å². The molecule has 3 fully saturated rings. The van der Waals surface area contributed by atoms with Gasteiger partial charge in [-0.1, -0.05) is 11.6 Å². The zero-order chi connectivity index (χ0) is 26.9. The number of rotatable bonds is 6. The maximum Gasteiger partial charge on any atom is 0.435 e. The Balaban J connectivity index is 1.27. The molecule has 4 N–H and O–H groups in total. The zero-order valence-electron chi connectivity index (χ0n) is 19.6. The Labute approximate surface area is 218 Å². The summed E-state index contributed by atoms with van der Waals surface area (Å²) < 4.78 is 43.4. The van der Waals surface area contributed by atoms with E-state index in [1.807, 2.05) is 0 Å². The second-order valence-corrected chi connectivity index (χ2v) is 10.2. The van der Waals surface area contributed by atoms with E-state index in [4.69, 9.17) is 22.6 Å². The molecule has 1 amide bonds. The number of halogens is 4. The van der Waals surface area contributed by atoms with Gasteiger partial charge >= 0.3 is 6.18 Å². The van der Waals surface area contributed by atoms with Crippen molar-refractivity contribution in [2.24, 2.45) is 5.73 Å². The minimum atomic E-state index is -4.73. The number of carbonyl (C=O) groups excluding carboxylic acids is 1. The third-order valence-electron chi connectivity index (χ3n) is 6.89. The van der Waals surface area contributed by atoms with Gasteiger partial charge in [-0.2, -0.15) is 23.5 Å². The average Bonchev–Trinajstić information content (AvgIpc) is 3.42. The van der Waals surface area contributed by atoms with Crippen LogP contribution in [0.2, 0.25) is 5.02 Å². The standard InChI is InChI=1S/C24H19ClF3N9O/c25-16-7-13(1-2-14(16)21(38)34-23-10-22(30,11-23)12-23)33-19-20-32-8-17(37(20)6-4-31-19)15-9-36(5-3-29)35-18(15)24(26,27)28/h1-2,4,6-9H,5,10-12,30H2,(H,31,33)(H,34,38). The van der Waals surface area contributed by atoms with E-state index in [1.54, 1.807) is 24.3 Å². The Morgan fingerprint density at radius 1 is 1.26 bits per heavy atom. The molecule has 4 aromatic rings. The number of benzene rings is 1. The summed E-state index contributed by atoms with van der Waals surface area (Å²) in [5.41, 5.74) is 5.53. The Morgan fingerprint density at radius 3 is 2.68 bits per heavy atom. The van der Waals surface area contributed by atoms with Gasteiger partial charge in [0.2, 0.25) is 0 Å². The second-order valence-electron chi connectivity index (χ2n) is 9.80. The van der Waals surface area contributed by atoms with Crippen LogP contribution in [-0.2, 0) is 12.7 Å². The van der Waals surface area contributed by atoms with Gasteiger partial charge < -0.3 is 16.4 Å². The van der Waals surface area contributed by atoms with Crippen molar-refractivity contribution in [1.29, 1.82) is 5.26 Å². The van der Waals surface area contributed by atoms with Gasteiger partial charge in [0, 0.05) is 35.4 Å². The lowest BCUT2D eigenvalue weighted by Crippen LogP contribution is -2.82. The molecular weight excluding hydrogens is 523 g/mol. The number of imidazole rings is 1. The van der Waals surface area contributed by atoms with Gasteiger partial charge in [0.25, 0.3) is 5.91 Å². The molecule has 0 aliphatic heterocycles. The summed E-state index contributed by atoms with van der Waals surface area (Å²) in [4.78, 5) is 21.3. The average molecular weight is 542 g/mol. The molecule has 3 heterocycles. The summed E-state index contributed by atoms with van der Waals surface area (Å²) in [6, 6.07) is 6.57. The number of fused-ring (bicyclic) bond motifs is 1. The number of nitrogens with one attached hydrogen (secondary N) is 2. The number of carbonyl (C=O) groups is 1. The van der Waals surface area contributed by atoms with Gasteiger partial charge in [-0.05, 0) is 37.5 Å². The lowest BCUT2D eigenvalue weighted by molar-refractivity contribution is -0.141. The molecule has 38 heavy (non-hydrogen) atoms. The molecule has 0 radical (unpaired) electrons. The van der Waals surface area contributed by atoms with Crippen LogP contribution in [0.1, 0.15) is 35.3 Å². The van der Waals surface area contributed by atoms with Gasteiger partial charge in [-0.25, -0.2) is 9.97 Å². The number of amides is 1. The smallest absolute Gasteiger partial charge is 0.346 e. The van der Waals surface area contributed by atoms with Crippen LogP contribution in [0.3, 0.4) is 0 Å². The SMILES string of the molecule is N#CCn1cc(-c2cnc3c(Nc4ccc(C(=O)NC56CC(N)(C5)C6)c(Cl)c4)nccn23)c(C(F)(F)F)n1. The van der Waals surface area contributed by atoms with Crippen molar-refractivity contribution in [1.82, 2.24) is 29.5 Å². The Morgan fingerprint density at radius 2 is 2.03 bits per heavy atom. The number of alkyl halides is 3. The Kier molecular flexibility index (Phi) is 5.21. The maximum atomic E-state index is 13.7. The summed E-state index contributed by atoms with van der Waals surface area (Å²) in [5, 5.41) is 18.7. The molecule has 0 saturated heterocycles. The van der Waals surface area contributed by atoms with Gasteiger partial charge in [0.1, 0.15) is 6.54 Å². The maximum absolute atomic E-state index is 13.7. The van der Waals surface area contributed by atoms with Crippen molar-refractivity contribution in [2.75, 3.05) is 5.32 Å². The molecule has 14 heteroatoms. The summed E-state index contributed by atoms with van der Waals surface area (Å²) in [6.45, 7) is -0.336. The lowest BCUT2D eigenvalue weighted by atomic mass is 9.44. The van der Waals surface area contributed by atoms with Gasteiger partial charge in [0.15, 0.2) is 17.2 Å². The van der Waals surface area contributed by atoms with E-state index >= 15 is 0 Å². The molecule has 3 aliphatic rings. The molecule has 10 nitrogen and oxygen atoms in total. The summed E-state index contributed by atoms with van der Waals surface area (Å²) in [6.07, 6.45) is 2.86. The van der Waals surface area contributed by atoms with Crippen molar-refractivity contribution in [3.8, 4) is 17.3 Å². The zero-order valence-corrected chi connectivity index (χ0v) is 20.3. The number of hydrogen-bond donors (Lipinski definition) is 3. The van der Waals surface area contributed by atoms with E-state index in [2.05, 4.69) is 25.7 Å². The summed E-state index contributed by atoms with van der Waals surface area (Å²) in [5.74, 6) is -0.0223. The fourth-order valence-electron chi connectivity index (χ4n) is 5.40. The molecule has 0 atom stereocenters. The normalized spacial score (nSPS) is 21.9. The molecule has 3 aliphatic carbocycles. The van der Waals surface area contributed by atoms with Crippen LogP contribution in [0.4, 0.5) is 24.7 Å². The number of nitriles is 1. The first-order valence-electron chi connectivity index (χ1n) is 11.5. The Bertz CT molecular complexity index is 1630. The first-order valence-corrected chi connectivity index (χ1v) is 11.9. The highest BCUT2D eigenvalue weighted by atomic mass is 35.5. The number of anilines is 2. The van der Waals surface area contributed by atoms with Crippen molar-refractivity contribution in [3.63, 3.8) is 0 Å². The van der Waals surface area contributed by atoms with E-state index in [9.17, 15) is 18.0 Å². The van der Waals surface area contributed by atoms with Crippen LogP contribution in [0.25, 0.3) is 16.9 Å². The predicted molar refractivity (Wildman–Crippen MR) is 131 cm³/mol. The molecule has 0 spiro atoms. The topological polar surface area (TPSA) is 139 Å². The molecule has 2 bridgehead atoms. The third kappa shape index (κ3) is 3.93. The third-order valence-corrected chi connectivity index (χ3v) is 7.21. The van der Waals surface area contributed by atoms with Crippen LogP contribution >= 0.6 is 11.6 Å². The van der Waals surface area contributed by atoms with Crippen LogP contribution in [0.5, 0.6) is 0 Å². The van der Waals surface area contributed by atoms with Gasteiger partial charge in [-0.3, -0.25) is 13.9 Å². The number of aromatic nitrogens is 5. The minimum absolute atomic E-state index is 0.125. The van der Waals surface area contributed by atoms with Crippen LogP contribution in [0, 0.1) is 11.3 Å². The van der Waals surface area contributed by atoms with E-state index < -0.39 is 11.9 Å². The predicted octanol–water partition coefficient (Wildman–Crippen LogP) is 3.90. The van der Waals surface area contributed by atoms with E-state index in [1.165, 1.54) is 23.0 Å². The van der Waals surface area contributed by atoms with Crippen LogP contribution in [0.15, 0.2) is 43.0 Å². The first kappa shape index (κ1) is 24.2. The summed E-state index contributed by atoms with van der Waals surface area (Å²) in [7, 11) is 0. The largest absolute Gasteiger partial charge is 0.435 e. The summed E-state index contributed by atoms with van der Waals surface area (Å²) >= 11 is 6.41. The number of nitrogens with two attached hydrogens (primary N) is 1. The van der Waals surface area contributed by atoms with E-state index in [0.29, 0.717) is 11.3 Å². The fourth-order valence-corrected chi connectivity index (χ4v) is 5.67. The van der Waals surface area contributed by atoms with Crippen molar-refractivity contribution < 1.29 is 18.0 Å². The van der Waals surface area contributed by atoms with Crippen molar-refractivity contribution in [2.45, 2.75) is 43.1 Å². The molecule has 1 aromatic carbocycles. The minimum Gasteiger partial charge on any atom is -0.346 e. The molecule has 7 rings (SSSR count). The quantitative estimate of drug-likeness (QED) is 0.336. The molecule has 3 aromatic heterocycles. The Hall–Kier alpha value is -4.15. The lowest BCUT2D eigenvalue weighted by Gasteiger charge is -2.68. The molecular formula is C24H19ClF3N9O. The van der Waals surface area contributed by atoms with Crippen LogP contribution in [-0.4, -0.2) is 41.1 Å². The van der Waals surface area contributed by atoms with Gasteiger partial charge in [-0.15, -0.1) is 0 Å². The number of hydrogen-bond acceptors (Lipinski definition) is 7. The highest BCUT2D eigenvalue weighted by Crippen LogP contribution is 2.58. The highest BCUT2D eigenvalue weighted by Gasteiger charge is 2.66. The molecule has 3 saturated carbocycles. The first-order chi connectivity index (χ1) is 18.0. The number of nitrogens with zero attached hydrogens (tertiary/aromatic N) is 6. The fraction of sp³-hybridized carbons (Fsp3) is 0.292. The van der Waals surface area contributed by atoms with Crippen molar-refractivity contribution >= 4 is 34.7 Å². The second kappa shape index (κ2) is 8.17. The molecule has 194 valence electrons. The van der Waals surface area contributed by atoms with E-state index in [0.717, 1.165) is 30.1 Å². The van der Waals surface area contributed by atoms with Gasteiger partial charge in [0.05, 0.1) is 34.1 Å². The highest BCUT2D eigenvalue weighted by molar-refractivity contribution is 6.34. The van der Waals surface area contributed by atoms with E-state index in [-0.39, 0.29) is 51.3 Å². The monoisotopic (exact) mass is 541 g/mol.